The van der Waals surface area contributed by atoms with E-state index in [1.165, 1.54) is 0 Å². The molecule has 0 radical (unpaired) electrons. The number of rotatable bonds is 23. The summed E-state index contributed by atoms with van der Waals surface area (Å²) >= 11 is 0. The van der Waals surface area contributed by atoms with Crippen molar-refractivity contribution >= 4 is 58.7 Å². The number of allylic oxidation sites excluding steroid dienone is 7. The normalized spacial score (nSPS) is 17.9. The quantitative estimate of drug-likeness (QED) is 0.0648. The van der Waals surface area contributed by atoms with Gasteiger partial charge in [-0.1, -0.05) is 32.1 Å². The van der Waals surface area contributed by atoms with E-state index in [1.54, 1.807) is 0 Å². The number of ketones is 1. The zero-order chi connectivity index (χ0) is 47.2. The van der Waals surface area contributed by atoms with Crippen molar-refractivity contribution in [2.45, 2.75) is 137 Å². The molecule has 6 rings (SSSR count). The number of anilines is 2. The molecule has 2 aromatic carbocycles. The fourth-order valence-electron chi connectivity index (χ4n) is 9.95. The summed E-state index contributed by atoms with van der Waals surface area (Å²) in [7, 11) is 2.04. The number of nitrogens with one attached hydrogen (secondary N) is 3. The number of aromatic amines is 1. The van der Waals surface area contributed by atoms with Crippen molar-refractivity contribution in [3.05, 3.63) is 96.1 Å². The topological polar surface area (TPSA) is 115 Å². The summed E-state index contributed by atoms with van der Waals surface area (Å²) in [5.41, 5.74) is 6.44. The summed E-state index contributed by atoms with van der Waals surface area (Å²) in [5, 5.41) is 7.20. The molecule has 3 aliphatic rings. The maximum absolute atomic E-state index is 14.6. The molecule has 1 saturated heterocycles. The van der Waals surface area contributed by atoms with Crippen LogP contribution >= 0.6 is 0 Å². The van der Waals surface area contributed by atoms with E-state index in [1.807, 2.05) is 72.5 Å². The molecule has 2 aliphatic heterocycles. The number of likely N-dealkylation sites (tertiary alicyclic amines) is 1. The number of benzene rings is 2. The van der Waals surface area contributed by atoms with Gasteiger partial charge in [0, 0.05) is 28.8 Å². The predicted octanol–water partition coefficient (Wildman–Crippen LogP) is 11.6. The van der Waals surface area contributed by atoms with E-state index in [0.29, 0.717) is 42.6 Å². The number of hydrogen-bond acceptors (Lipinski definition) is 5. The SMILES string of the molecule is CCCCCC(CC(=O)Nc1ccc(-c2cc3cc(NC(=O)C4CCCN4C(=O)C(C4=CC=CCC4)N(C)CCC(C)C)ccc3[nH]2)cc1)C(=O)C(C1=CC=CC=BC1)C(C)CCC(C)C. The fraction of sp³-hybridized carbons (Fsp3) is 0.518. The van der Waals surface area contributed by atoms with Crippen LogP contribution in [0, 0.1) is 29.6 Å². The Hall–Kier alpha value is -5.09. The van der Waals surface area contributed by atoms with Crippen LogP contribution in [0.15, 0.2) is 96.1 Å². The maximum atomic E-state index is 14.6. The monoisotopic (exact) mass is 894 g/mol. The summed E-state index contributed by atoms with van der Waals surface area (Å²) in [6, 6.07) is 14.8. The zero-order valence-corrected chi connectivity index (χ0v) is 40.9. The molecule has 10 heteroatoms. The van der Waals surface area contributed by atoms with Crippen LogP contribution in [0.5, 0.6) is 0 Å². The van der Waals surface area contributed by atoms with Crippen molar-refractivity contribution in [1.29, 1.82) is 0 Å². The molecule has 3 aromatic rings. The fourth-order valence-corrected chi connectivity index (χ4v) is 9.95. The number of unbranched alkanes of at least 4 members (excludes halogenated alkanes) is 2. The van der Waals surface area contributed by atoms with Gasteiger partial charge in [0.2, 0.25) is 11.8 Å². The van der Waals surface area contributed by atoms with Crippen molar-refractivity contribution in [2.24, 2.45) is 29.6 Å². The van der Waals surface area contributed by atoms with Crippen molar-refractivity contribution < 1.29 is 19.2 Å². The van der Waals surface area contributed by atoms with Crippen LogP contribution in [0.2, 0.25) is 6.32 Å². The number of carbonyl (C=O) groups is 4. The van der Waals surface area contributed by atoms with Gasteiger partial charge >= 0.3 is 201 Å². The molecule has 1 fully saturated rings. The van der Waals surface area contributed by atoms with Crippen LogP contribution in [0.3, 0.4) is 0 Å². The van der Waals surface area contributed by atoms with Crippen LogP contribution in [-0.2, 0) is 19.2 Å². The summed E-state index contributed by atoms with van der Waals surface area (Å²) < 4.78 is 0. The third-order valence-electron chi connectivity index (χ3n) is 13.8. The minimum absolute atomic E-state index is 0.0171. The summed E-state index contributed by atoms with van der Waals surface area (Å²) in [5.74, 6) is 2.70. The molecular weight excluding hydrogens is 817 g/mol. The van der Waals surface area contributed by atoms with Gasteiger partial charge < -0.3 is 15.2 Å². The van der Waals surface area contributed by atoms with Gasteiger partial charge in [0.25, 0.3) is 0 Å². The molecule has 0 bridgehead atoms. The Morgan fingerprint density at radius 1 is 0.848 bits per heavy atom. The molecule has 0 spiro atoms. The summed E-state index contributed by atoms with van der Waals surface area (Å²) in [6.45, 7) is 16.8. The van der Waals surface area contributed by atoms with E-state index >= 15 is 0 Å². The van der Waals surface area contributed by atoms with Crippen LogP contribution in [0.1, 0.15) is 119 Å². The molecular formula is C56H76BN5O4. The third kappa shape index (κ3) is 13.7. The van der Waals surface area contributed by atoms with Crippen molar-refractivity contribution in [1.82, 2.24) is 14.8 Å². The van der Waals surface area contributed by atoms with Gasteiger partial charge in [-0.15, -0.1) is 0 Å². The minimum atomic E-state index is -0.526. The standard InChI is InChI=1S/C56H76BN5O4/c1-8-9-11-19-43(54(64)52(40(6)23-22-38(2)3)44-20-14-15-31-57-37-44)36-51(63)58-46-26-24-41(25-27-46)49-35-45-34-47(28-29-48(45)60-49)59-55(65)50-21-16-32-62(50)56(66)53(42-17-12-10-13-18-42)61(7)33-30-39(4)5/h10,12,14-15,17,20,24-29,31,34-35,38-40,43,50,52-53,60H,8-9,11,13,16,18-19,21-23,30,32-33,36-37H2,1-7H3,(H,58,63)(H,59,65). The predicted molar refractivity (Wildman–Crippen MR) is 276 cm³/mol. The van der Waals surface area contributed by atoms with E-state index in [-0.39, 0.29) is 53.7 Å². The molecule has 1 aliphatic carbocycles. The average molecular weight is 894 g/mol. The number of likely N-dealkylation sites (N-methyl/N-ethyl adjacent to an activating group) is 1. The molecule has 5 unspecified atom stereocenters. The number of aromatic nitrogens is 1. The molecule has 0 saturated carbocycles. The van der Waals surface area contributed by atoms with Gasteiger partial charge in [-0.25, -0.2) is 0 Å². The summed E-state index contributed by atoms with van der Waals surface area (Å²) in [6.07, 6.45) is 23.3. The van der Waals surface area contributed by atoms with E-state index in [2.05, 4.69) is 99.4 Å². The van der Waals surface area contributed by atoms with Crippen molar-refractivity contribution in [2.75, 3.05) is 30.8 Å². The first kappa shape index (κ1) is 50.3. The van der Waals surface area contributed by atoms with Gasteiger partial charge in [-0.2, -0.15) is 0 Å². The molecule has 352 valence electrons. The number of carbonyl (C=O) groups excluding carboxylic acids is 4. The van der Waals surface area contributed by atoms with Crippen molar-refractivity contribution in [3.63, 3.8) is 0 Å². The zero-order valence-electron chi connectivity index (χ0n) is 40.9. The molecule has 3 heterocycles. The van der Waals surface area contributed by atoms with Crippen LogP contribution < -0.4 is 10.6 Å². The van der Waals surface area contributed by atoms with Crippen LogP contribution in [0.25, 0.3) is 22.2 Å². The molecule has 3 amide bonds. The molecule has 66 heavy (non-hydrogen) atoms. The van der Waals surface area contributed by atoms with E-state index in [4.69, 9.17) is 0 Å². The van der Waals surface area contributed by atoms with Crippen molar-refractivity contribution in [3.8, 4) is 11.3 Å². The molecule has 1 aromatic heterocycles. The number of fused-ring (bicyclic) bond motifs is 1. The van der Waals surface area contributed by atoms with E-state index in [0.717, 1.165) is 104 Å². The Morgan fingerprint density at radius 3 is 2.33 bits per heavy atom. The Balaban J connectivity index is 1.10. The number of nitrogens with zero attached hydrogens (tertiary/aromatic N) is 2. The second-order valence-corrected chi connectivity index (χ2v) is 20.0. The Labute approximate surface area is 395 Å². The first-order valence-corrected chi connectivity index (χ1v) is 25.1. The third-order valence-corrected chi connectivity index (χ3v) is 13.8. The second-order valence-electron chi connectivity index (χ2n) is 20.0. The first-order valence-electron chi connectivity index (χ1n) is 25.1. The number of hydrogen-bond donors (Lipinski definition) is 3. The Kier molecular flexibility index (Phi) is 18.8. The van der Waals surface area contributed by atoms with E-state index in [9.17, 15) is 19.2 Å². The van der Waals surface area contributed by atoms with Gasteiger partial charge in [0.05, 0.1) is 0 Å². The molecule has 3 N–H and O–H groups in total. The van der Waals surface area contributed by atoms with Gasteiger partial charge in [-0.3, -0.25) is 14.5 Å². The average Bonchev–Trinajstić information content (AvgIpc) is 3.89. The van der Waals surface area contributed by atoms with Gasteiger partial charge in [0.1, 0.15) is 12.1 Å². The van der Waals surface area contributed by atoms with Crippen LogP contribution in [0.4, 0.5) is 11.4 Å². The Morgan fingerprint density at radius 2 is 1.61 bits per heavy atom. The first-order chi connectivity index (χ1) is 31.8. The number of amides is 3. The van der Waals surface area contributed by atoms with Gasteiger partial charge in [0.15, 0.2) is 0 Å². The van der Waals surface area contributed by atoms with E-state index < -0.39 is 6.04 Å². The number of H-pyrrole nitrogens is 1. The second kappa shape index (κ2) is 24.6. The number of Topliss-reactive ketones (excluding diaryl/α,β-unsaturated/α-hetero) is 1. The van der Waals surface area contributed by atoms with Crippen LogP contribution in [-0.4, -0.2) is 83.4 Å². The molecule has 9 nitrogen and oxygen atoms in total. The Bertz CT molecular complexity index is 2280. The molecule has 5 atom stereocenters. The summed E-state index contributed by atoms with van der Waals surface area (Å²) in [4.78, 5) is 64.0. The van der Waals surface area contributed by atoms with Gasteiger partial charge in [-0.05, 0) is 81.5 Å².